The van der Waals surface area contributed by atoms with E-state index in [0.29, 0.717) is 19.4 Å². The molecular formula is C29H34F3N3O7. The Balaban J connectivity index is 1.75. The van der Waals surface area contributed by atoms with Crippen LogP contribution in [0.4, 0.5) is 13.2 Å². The number of amides is 1. The Morgan fingerprint density at radius 1 is 1.19 bits per heavy atom. The molecule has 0 bridgehead atoms. The summed E-state index contributed by atoms with van der Waals surface area (Å²) >= 11 is 0. The lowest BCUT2D eigenvalue weighted by Gasteiger charge is -2.51. The first-order valence-electron chi connectivity index (χ1n) is 14.0. The van der Waals surface area contributed by atoms with Crippen molar-refractivity contribution in [3.05, 3.63) is 51.0 Å². The van der Waals surface area contributed by atoms with Gasteiger partial charge in [0, 0.05) is 17.5 Å². The molecule has 228 valence electrons. The number of likely N-dealkylation sites (N-methyl/N-ethyl adjacent to an activating group) is 1. The molecule has 1 fully saturated rings. The van der Waals surface area contributed by atoms with Gasteiger partial charge in [-0.05, 0) is 75.5 Å². The number of benzene rings is 1. The van der Waals surface area contributed by atoms with Crippen LogP contribution in [0.1, 0.15) is 66.2 Å². The molecule has 42 heavy (non-hydrogen) atoms. The SMILES string of the molecule is CCN(CC)[C@@H]1C(O)=C(C(N)=O)C(=O)[C@@]2(O)C(O)=C3C(=O)c4c(O)cc([C@@H]5CCCN5C)c(C(F)(F)F)c4C[C@H]3C[C@@H]12. The van der Waals surface area contributed by atoms with Gasteiger partial charge in [-0.15, -0.1) is 0 Å². The van der Waals surface area contributed by atoms with E-state index in [0.717, 1.165) is 6.07 Å². The number of likely N-dealkylation sites (tertiary alicyclic amines) is 1. The normalized spacial score (nSPS) is 30.1. The molecule has 0 unspecified atom stereocenters. The Hall–Kier alpha value is -3.42. The maximum Gasteiger partial charge on any atom is 0.417 e. The molecule has 1 amide bonds. The summed E-state index contributed by atoms with van der Waals surface area (Å²) in [5, 5.41) is 45.3. The number of halogens is 3. The van der Waals surface area contributed by atoms with Crippen LogP contribution in [-0.4, -0.2) is 86.0 Å². The van der Waals surface area contributed by atoms with Crippen molar-refractivity contribution in [2.24, 2.45) is 17.6 Å². The first-order chi connectivity index (χ1) is 19.6. The Kier molecular flexibility index (Phi) is 7.22. The number of phenols is 1. The number of carbonyl (C=O) groups excluding carboxylic acids is 3. The minimum Gasteiger partial charge on any atom is -0.510 e. The maximum atomic E-state index is 14.7. The standard InChI is InChI=1S/C29H34F3N3O7/c1-4-35(5-2)22-15-10-12-9-14-19(17(36)11-13(21(14)29(30,31)32)16-7-6-8-34(16)3)23(37)18(12)25(39)28(15,42)26(40)20(24(22)38)27(33)41/h11-12,15-16,22,36,38-39,42H,4-10H2,1-3H3,(H2,33,41)/t12-,15-,16-,22-,28-/m0/s1. The van der Waals surface area contributed by atoms with Gasteiger partial charge in [-0.1, -0.05) is 13.8 Å². The number of hydrogen-bond acceptors (Lipinski definition) is 9. The van der Waals surface area contributed by atoms with Gasteiger partial charge in [0.25, 0.3) is 5.91 Å². The van der Waals surface area contributed by atoms with Crippen LogP contribution in [0.2, 0.25) is 0 Å². The lowest BCUT2D eigenvalue weighted by Crippen LogP contribution is -2.64. The van der Waals surface area contributed by atoms with Gasteiger partial charge in [-0.2, -0.15) is 13.2 Å². The van der Waals surface area contributed by atoms with Crippen molar-refractivity contribution in [1.29, 1.82) is 0 Å². The molecule has 1 aromatic carbocycles. The van der Waals surface area contributed by atoms with Gasteiger partial charge in [0.1, 0.15) is 22.8 Å². The van der Waals surface area contributed by atoms with Crippen LogP contribution in [-0.2, 0) is 22.2 Å². The molecule has 4 aliphatic rings. The van der Waals surface area contributed by atoms with Crippen molar-refractivity contribution in [3.63, 3.8) is 0 Å². The molecule has 1 aromatic rings. The number of rotatable bonds is 5. The highest BCUT2D eigenvalue weighted by Gasteiger charge is 2.64. The number of phenolic OH excluding ortho intramolecular Hbond substituents is 1. The number of primary amides is 1. The number of hydrogen-bond donors (Lipinski definition) is 5. The van der Waals surface area contributed by atoms with E-state index in [1.54, 1.807) is 30.7 Å². The van der Waals surface area contributed by atoms with E-state index in [1.165, 1.54) is 0 Å². The second-order valence-corrected chi connectivity index (χ2v) is 11.6. The molecule has 0 aromatic heterocycles. The molecule has 1 aliphatic heterocycles. The summed E-state index contributed by atoms with van der Waals surface area (Å²) in [6.07, 6.45) is -4.50. The van der Waals surface area contributed by atoms with Crippen LogP contribution in [0.5, 0.6) is 5.75 Å². The highest BCUT2D eigenvalue weighted by molar-refractivity contribution is 6.24. The summed E-state index contributed by atoms with van der Waals surface area (Å²) in [5.74, 6) is -8.83. The summed E-state index contributed by atoms with van der Waals surface area (Å²) in [6, 6.07) is -0.898. The van der Waals surface area contributed by atoms with Gasteiger partial charge in [-0.3, -0.25) is 24.2 Å². The number of fused-ring (bicyclic) bond motifs is 3. The average molecular weight is 594 g/mol. The third-order valence-corrected chi connectivity index (χ3v) is 9.57. The fourth-order valence-electron chi connectivity index (χ4n) is 7.69. The van der Waals surface area contributed by atoms with Crippen molar-refractivity contribution in [2.45, 2.75) is 63.4 Å². The number of nitrogens with zero attached hydrogens (tertiary/aromatic N) is 2. The molecule has 5 rings (SSSR count). The zero-order valence-electron chi connectivity index (χ0n) is 23.5. The molecule has 5 atom stereocenters. The number of aliphatic hydroxyl groups is 3. The Morgan fingerprint density at radius 2 is 1.83 bits per heavy atom. The van der Waals surface area contributed by atoms with Crippen LogP contribution in [0.15, 0.2) is 28.7 Å². The lowest BCUT2D eigenvalue weighted by atomic mass is 9.58. The molecule has 1 heterocycles. The van der Waals surface area contributed by atoms with Crippen molar-refractivity contribution in [3.8, 4) is 5.75 Å². The van der Waals surface area contributed by atoms with Crippen LogP contribution in [0.3, 0.4) is 0 Å². The summed E-state index contributed by atoms with van der Waals surface area (Å²) < 4.78 is 44.2. The van der Waals surface area contributed by atoms with Gasteiger partial charge in [0.2, 0.25) is 5.78 Å². The predicted molar refractivity (Wildman–Crippen MR) is 143 cm³/mol. The van der Waals surface area contributed by atoms with Crippen LogP contribution < -0.4 is 5.73 Å². The maximum absolute atomic E-state index is 14.7. The summed E-state index contributed by atoms with van der Waals surface area (Å²) in [5.41, 5.74) is -1.13. The summed E-state index contributed by atoms with van der Waals surface area (Å²) in [4.78, 5) is 43.0. The number of ketones is 2. The molecule has 13 heteroatoms. The van der Waals surface area contributed by atoms with Crippen LogP contribution >= 0.6 is 0 Å². The van der Waals surface area contributed by atoms with E-state index in [2.05, 4.69) is 0 Å². The van der Waals surface area contributed by atoms with Crippen molar-refractivity contribution in [1.82, 2.24) is 9.80 Å². The molecule has 0 saturated carbocycles. The largest absolute Gasteiger partial charge is 0.510 e. The molecule has 3 aliphatic carbocycles. The quantitative estimate of drug-likeness (QED) is 0.323. The average Bonchev–Trinajstić information content (AvgIpc) is 3.32. The van der Waals surface area contributed by atoms with Gasteiger partial charge in [0.15, 0.2) is 11.4 Å². The van der Waals surface area contributed by atoms with E-state index in [1.807, 2.05) is 0 Å². The van der Waals surface area contributed by atoms with E-state index in [4.69, 9.17) is 5.73 Å². The van der Waals surface area contributed by atoms with E-state index in [-0.39, 0.29) is 25.1 Å². The molecule has 10 nitrogen and oxygen atoms in total. The van der Waals surface area contributed by atoms with Gasteiger partial charge in [-0.25, -0.2) is 0 Å². The molecular weight excluding hydrogens is 559 g/mol. The van der Waals surface area contributed by atoms with Crippen molar-refractivity contribution >= 4 is 17.5 Å². The van der Waals surface area contributed by atoms with E-state index < -0.39 is 105 Å². The number of aromatic hydroxyl groups is 1. The Bertz CT molecular complexity index is 1450. The second kappa shape index (κ2) is 10.1. The van der Waals surface area contributed by atoms with Gasteiger partial charge < -0.3 is 26.2 Å². The van der Waals surface area contributed by atoms with Crippen molar-refractivity contribution in [2.75, 3.05) is 26.7 Å². The Labute approximate surface area is 239 Å². The van der Waals surface area contributed by atoms with E-state index in [9.17, 15) is 48.0 Å². The van der Waals surface area contributed by atoms with Gasteiger partial charge in [0.05, 0.1) is 17.2 Å². The molecule has 1 saturated heterocycles. The highest BCUT2D eigenvalue weighted by atomic mass is 19.4. The Morgan fingerprint density at radius 3 is 2.36 bits per heavy atom. The molecule has 0 radical (unpaired) electrons. The monoisotopic (exact) mass is 593 g/mol. The first kappa shape index (κ1) is 30.1. The summed E-state index contributed by atoms with van der Waals surface area (Å²) in [6.45, 7) is 4.55. The molecule has 6 N–H and O–H groups in total. The zero-order valence-corrected chi connectivity index (χ0v) is 23.5. The number of alkyl halides is 3. The zero-order chi connectivity index (χ0) is 31.0. The predicted octanol–water partition coefficient (Wildman–Crippen LogP) is 2.69. The number of aliphatic hydroxyl groups excluding tert-OH is 2. The minimum atomic E-state index is -4.88. The van der Waals surface area contributed by atoms with Crippen LogP contribution in [0, 0.1) is 11.8 Å². The third-order valence-electron chi connectivity index (χ3n) is 9.57. The number of carbonyl (C=O) groups is 3. The highest BCUT2D eigenvalue weighted by Crippen LogP contribution is 2.55. The smallest absolute Gasteiger partial charge is 0.417 e. The third kappa shape index (κ3) is 4.08. The fraction of sp³-hybridized carbons (Fsp3) is 0.552. The molecule has 0 spiro atoms. The number of nitrogens with two attached hydrogens (primary N) is 1. The fourth-order valence-corrected chi connectivity index (χ4v) is 7.69. The lowest BCUT2D eigenvalue weighted by molar-refractivity contribution is -0.149. The van der Waals surface area contributed by atoms with Crippen molar-refractivity contribution < 1.29 is 48.0 Å². The number of Topliss-reactive ketones (excluding diaryl/α,β-unsaturated/α-hetero) is 2. The number of allylic oxidation sites excluding steroid dienone is 1. The first-order valence-corrected chi connectivity index (χ1v) is 14.0. The summed E-state index contributed by atoms with van der Waals surface area (Å²) in [7, 11) is 1.69. The van der Waals surface area contributed by atoms with Gasteiger partial charge >= 0.3 is 6.18 Å². The van der Waals surface area contributed by atoms with E-state index >= 15 is 0 Å². The topological polar surface area (TPSA) is 165 Å². The van der Waals surface area contributed by atoms with Crippen LogP contribution in [0.25, 0.3) is 0 Å². The second-order valence-electron chi connectivity index (χ2n) is 11.6. The minimum absolute atomic E-state index is 0.143.